The van der Waals surface area contributed by atoms with Gasteiger partial charge >= 0.3 is 0 Å². The lowest BCUT2D eigenvalue weighted by Gasteiger charge is -2.38. The van der Waals surface area contributed by atoms with Gasteiger partial charge in [-0.05, 0) is 82.2 Å². The molecular weight excluding hydrogens is 360 g/mol. The van der Waals surface area contributed by atoms with Crippen LogP contribution in [-0.2, 0) is 11.3 Å². The van der Waals surface area contributed by atoms with Crippen LogP contribution in [0.1, 0.15) is 63.9 Å². The van der Waals surface area contributed by atoms with Crippen LogP contribution < -0.4 is 4.74 Å². The summed E-state index contributed by atoms with van der Waals surface area (Å²) in [6.45, 7) is 9.65. The maximum absolute atomic E-state index is 5.98. The lowest BCUT2D eigenvalue weighted by Crippen LogP contribution is -2.43. The van der Waals surface area contributed by atoms with E-state index < -0.39 is 0 Å². The predicted octanol–water partition coefficient (Wildman–Crippen LogP) is 4.72. The van der Waals surface area contributed by atoms with Crippen LogP contribution in [-0.4, -0.2) is 61.3 Å². The van der Waals surface area contributed by atoms with E-state index in [0.717, 1.165) is 44.0 Å². The van der Waals surface area contributed by atoms with E-state index in [1.165, 1.54) is 76.6 Å². The largest absolute Gasteiger partial charge is 0.494 e. The molecule has 0 spiro atoms. The molecule has 1 aromatic carbocycles. The summed E-state index contributed by atoms with van der Waals surface area (Å²) in [5.41, 5.74) is 1.38. The van der Waals surface area contributed by atoms with Crippen molar-refractivity contribution in [1.29, 1.82) is 0 Å². The Morgan fingerprint density at radius 3 is 2.38 bits per heavy atom. The van der Waals surface area contributed by atoms with Crippen LogP contribution in [0.3, 0.4) is 0 Å². The summed E-state index contributed by atoms with van der Waals surface area (Å²) in [5, 5.41) is 0. The minimum atomic E-state index is 0.427. The summed E-state index contributed by atoms with van der Waals surface area (Å²) in [5.74, 6) is 1.80. The van der Waals surface area contributed by atoms with Gasteiger partial charge < -0.3 is 14.4 Å². The van der Waals surface area contributed by atoms with Gasteiger partial charge in [0, 0.05) is 32.3 Å². The molecule has 1 aliphatic carbocycles. The fraction of sp³-hybridized carbons (Fsp3) is 0.760. The highest BCUT2D eigenvalue weighted by Crippen LogP contribution is 2.29. The fourth-order valence-corrected chi connectivity index (χ4v) is 5.53. The third-order valence-corrected chi connectivity index (χ3v) is 7.13. The first-order chi connectivity index (χ1) is 14.3. The van der Waals surface area contributed by atoms with Crippen molar-refractivity contribution in [3.8, 4) is 5.75 Å². The Morgan fingerprint density at radius 1 is 0.966 bits per heavy atom. The van der Waals surface area contributed by atoms with Gasteiger partial charge in [-0.1, -0.05) is 25.0 Å². The van der Waals surface area contributed by atoms with Gasteiger partial charge in [0.15, 0.2) is 0 Å². The van der Waals surface area contributed by atoms with Crippen LogP contribution in [0.2, 0.25) is 0 Å². The van der Waals surface area contributed by atoms with Crippen LogP contribution in [0.25, 0.3) is 0 Å². The SMILES string of the molecule is CCOc1ccc(CN(CC2CCN(C3CCCC3)CC2)C[C@H]2CCCO2)cc1. The average Bonchev–Trinajstić information content (AvgIpc) is 3.45. The predicted molar refractivity (Wildman–Crippen MR) is 118 cm³/mol. The van der Waals surface area contributed by atoms with Gasteiger partial charge in [-0.2, -0.15) is 0 Å². The van der Waals surface area contributed by atoms with Gasteiger partial charge in [0.25, 0.3) is 0 Å². The molecule has 3 fully saturated rings. The number of nitrogens with zero attached hydrogens (tertiary/aromatic N) is 2. The summed E-state index contributed by atoms with van der Waals surface area (Å²) >= 11 is 0. The third-order valence-electron chi connectivity index (χ3n) is 7.13. The number of piperidine rings is 1. The molecule has 0 aromatic heterocycles. The zero-order chi connectivity index (χ0) is 19.9. The normalized spacial score (nSPS) is 24.6. The standard InChI is InChI=1S/C25H40N2O2/c1-2-28-24-11-9-21(10-12-24)18-26(20-25-8-5-17-29-25)19-22-13-15-27(16-14-22)23-6-3-4-7-23/h9-12,22-23,25H,2-8,13-20H2,1H3/t25-/m1/s1. The zero-order valence-corrected chi connectivity index (χ0v) is 18.4. The minimum absolute atomic E-state index is 0.427. The molecule has 1 atom stereocenters. The first kappa shape index (κ1) is 21.1. The lowest BCUT2D eigenvalue weighted by molar-refractivity contribution is 0.0540. The van der Waals surface area contributed by atoms with Gasteiger partial charge in [0.2, 0.25) is 0 Å². The molecule has 1 aromatic rings. The minimum Gasteiger partial charge on any atom is -0.494 e. The van der Waals surface area contributed by atoms with Gasteiger partial charge in [-0.15, -0.1) is 0 Å². The number of ether oxygens (including phenoxy) is 2. The van der Waals surface area contributed by atoms with E-state index >= 15 is 0 Å². The van der Waals surface area contributed by atoms with Crippen molar-refractivity contribution in [2.45, 2.75) is 77.0 Å². The Kier molecular flexibility index (Phi) is 7.87. The van der Waals surface area contributed by atoms with E-state index in [-0.39, 0.29) is 0 Å². The molecule has 2 aliphatic heterocycles. The molecule has 162 valence electrons. The summed E-state index contributed by atoms with van der Waals surface area (Å²) in [6.07, 6.45) is 11.4. The van der Waals surface area contributed by atoms with Crippen LogP contribution in [0, 0.1) is 5.92 Å². The van der Waals surface area contributed by atoms with E-state index in [1.54, 1.807) is 0 Å². The van der Waals surface area contributed by atoms with Crippen molar-refractivity contribution in [2.24, 2.45) is 5.92 Å². The summed E-state index contributed by atoms with van der Waals surface area (Å²) in [6, 6.07) is 9.58. The lowest BCUT2D eigenvalue weighted by atomic mass is 9.94. The second kappa shape index (κ2) is 10.8. The highest BCUT2D eigenvalue weighted by atomic mass is 16.5. The smallest absolute Gasteiger partial charge is 0.119 e. The Labute approximate surface area is 177 Å². The molecule has 1 saturated carbocycles. The maximum Gasteiger partial charge on any atom is 0.119 e. The molecule has 2 heterocycles. The quantitative estimate of drug-likeness (QED) is 0.599. The van der Waals surface area contributed by atoms with Crippen molar-refractivity contribution in [3.63, 3.8) is 0 Å². The van der Waals surface area contributed by atoms with Crippen molar-refractivity contribution in [3.05, 3.63) is 29.8 Å². The molecule has 0 radical (unpaired) electrons. The molecule has 4 heteroatoms. The molecule has 3 aliphatic rings. The first-order valence-corrected chi connectivity index (χ1v) is 12.1. The Bertz CT molecular complexity index is 585. The van der Waals surface area contributed by atoms with E-state index in [0.29, 0.717) is 6.10 Å². The van der Waals surface area contributed by atoms with E-state index in [2.05, 4.69) is 34.1 Å². The van der Waals surface area contributed by atoms with Crippen molar-refractivity contribution in [1.82, 2.24) is 9.80 Å². The number of hydrogen-bond acceptors (Lipinski definition) is 4. The molecule has 0 bridgehead atoms. The molecule has 29 heavy (non-hydrogen) atoms. The highest BCUT2D eigenvalue weighted by Gasteiger charge is 2.28. The number of rotatable bonds is 9. The van der Waals surface area contributed by atoms with Crippen LogP contribution >= 0.6 is 0 Å². The average molecular weight is 401 g/mol. The van der Waals surface area contributed by atoms with Crippen molar-refractivity contribution < 1.29 is 9.47 Å². The van der Waals surface area contributed by atoms with Crippen molar-refractivity contribution in [2.75, 3.05) is 39.4 Å². The van der Waals surface area contributed by atoms with Crippen molar-refractivity contribution >= 4 is 0 Å². The van der Waals surface area contributed by atoms with E-state index in [1.807, 2.05) is 6.92 Å². The second-order valence-corrected chi connectivity index (χ2v) is 9.32. The number of likely N-dealkylation sites (tertiary alicyclic amines) is 1. The molecular formula is C25H40N2O2. The van der Waals surface area contributed by atoms with E-state index in [4.69, 9.17) is 9.47 Å². The number of hydrogen-bond donors (Lipinski definition) is 0. The van der Waals surface area contributed by atoms with Gasteiger partial charge in [-0.25, -0.2) is 0 Å². The monoisotopic (exact) mass is 400 g/mol. The Balaban J connectivity index is 1.31. The highest BCUT2D eigenvalue weighted by molar-refractivity contribution is 5.27. The van der Waals surface area contributed by atoms with Gasteiger partial charge in [-0.3, -0.25) is 4.90 Å². The fourth-order valence-electron chi connectivity index (χ4n) is 5.53. The summed E-state index contributed by atoms with van der Waals surface area (Å²) in [4.78, 5) is 5.46. The molecule has 0 amide bonds. The van der Waals surface area contributed by atoms with Crippen LogP contribution in [0.5, 0.6) is 5.75 Å². The molecule has 4 rings (SSSR count). The maximum atomic E-state index is 5.98. The second-order valence-electron chi connectivity index (χ2n) is 9.32. The topological polar surface area (TPSA) is 24.9 Å². The molecule has 4 nitrogen and oxygen atoms in total. The number of benzene rings is 1. The van der Waals surface area contributed by atoms with Crippen LogP contribution in [0.15, 0.2) is 24.3 Å². The molecule has 0 unspecified atom stereocenters. The zero-order valence-electron chi connectivity index (χ0n) is 18.4. The Hall–Kier alpha value is -1.10. The van der Waals surface area contributed by atoms with Crippen LogP contribution in [0.4, 0.5) is 0 Å². The van der Waals surface area contributed by atoms with E-state index in [9.17, 15) is 0 Å². The summed E-state index contributed by atoms with van der Waals surface area (Å²) < 4.78 is 11.6. The summed E-state index contributed by atoms with van der Waals surface area (Å²) in [7, 11) is 0. The third kappa shape index (κ3) is 6.19. The van der Waals surface area contributed by atoms with Gasteiger partial charge in [0.05, 0.1) is 12.7 Å². The molecule has 0 N–H and O–H groups in total. The molecule has 2 saturated heterocycles. The van der Waals surface area contributed by atoms with Gasteiger partial charge in [0.1, 0.15) is 5.75 Å². The first-order valence-electron chi connectivity index (χ1n) is 12.1. The Morgan fingerprint density at radius 2 is 1.72 bits per heavy atom.